The summed E-state index contributed by atoms with van der Waals surface area (Å²) in [5.41, 5.74) is 2.34. The van der Waals surface area contributed by atoms with E-state index >= 15 is 0 Å². The van der Waals surface area contributed by atoms with Crippen LogP contribution in [0.5, 0.6) is 5.75 Å². The van der Waals surface area contributed by atoms with Crippen molar-refractivity contribution in [1.82, 2.24) is 10.6 Å². The number of halogens is 1. The lowest BCUT2D eigenvalue weighted by Gasteiger charge is -2.12. The lowest BCUT2D eigenvalue weighted by Crippen LogP contribution is -2.34. The van der Waals surface area contributed by atoms with Crippen LogP contribution in [0, 0.1) is 0 Å². The number of nitrogens with one attached hydrogen (secondary N) is 2. The van der Waals surface area contributed by atoms with Gasteiger partial charge in [0.15, 0.2) is 0 Å². The van der Waals surface area contributed by atoms with Crippen molar-refractivity contribution >= 4 is 33.8 Å². The van der Waals surface area contributed by atoms with Gasteiger partial charge in [-0.15, -0.1) is 0 Å². The van der Waals surface area contributed by atoms with Gasteiger partial charge in [0.05, 0.1) is 7.11 Å². The van der Waals surface area contributed by atoms with Gasteiger partial charge >= 0.3 is 0 Å². The molecule has 0 bridgehead atoms. The minimum atomic E-state index is -0.375. The number of ether oxygens (including phenoxy) is 1. The van der Waals surface area contributed by atoms with Crippen LogP contribution in [0.4, 0.5) is 0 Å². The number of hydrogen-bond acceptors (Lipinski definition) is 3. The van der Waals surface area contributed by atoms with Crippen molar-refractivity contribution in [2.24, 2.45) is 0 Å². The predicted molar refractivity (Wildman–Crippen MR) is 121 cm³/mol. The molecule has 6 heteroatoms. The lowest BCUT2D eigenvalue weighted by atomic mass is 10.1. The monoisotopic (exact) mass is 464 g/mol. The summed E-state index contributed by atoms with van der Waals surface area (Å²) in [6.45, 7) is 0.355. The minimum absolute atomic E-state index is 0.156. The van der Waals surface area contributed by atoms with Gasteiger partial charge in [0.25, 0.3) is 11.8 Å². The Hall–Kier alpha value is -3.38. The number of carbonyl (C=O) groups is 2. The van der Waals surface area contributed by atoms with E-state index in [1.807, 2.05) is 42.5 Å². The van der Waals surface area contributed by atoms with E-state index in [2.05, 4.69) is 26.6 Å². The van der Waals surface area contributed by atoms with Crippen molar-refractivity contribution in [2.75, 3.05) is 7.11 Å². The molecule has 0 unspecified atom stereocenters. The van der Waals surface area contributed by atoms with E-state index in [0.717, 1.165) is 15.6 Å². The van der Waals surface area contributed by atoms with Gasteiger partial charge in [0.1, 0.15) is 11.4 Å². The van der Waals surface area contributed by atoms with Gasteiger partial charge in [-0.25, -0.2) is 0 Å². The van der Waals surface area contributed by atoms with Crippen LogP contribution in [-0.2, 0) is 11.3 Å². The first-order valence-corrected chi connectivity index (χ1v) is 10.1. The van der Waals surface area contributed by atoms with E-state index in [0.29, 0.717) is 17.9 Å². The normalized spacial score (nSPS) is 10.9. The molecule has 3 rings (SSSR count). The average molecular weight is 465 g/mol. The highest BCUT2D eigenvalue weighted by Crippen LogP contribution is 2.15. The molecule has 3 aromatic rings. The maximum Gasteiger partial charge on any atom is 0.268 e. The minimum Gasteiger partial charge on any atom is -0.497 e. The van der Waals surface area contributed by atoms with Crippen molar-refractivity contribution in [3.05, 3.63) is 106 Å². The van der Waals surface area contributed by atoms with Crippen LogP contribution in [0.3, 0.4) is 0 Å². The molecule has 2 amide bonds. The Labute approximate surface area is 183 Å². The Morgan fingerprint density at radius 2 is 1.60 bits per heavy atom. The molecule has 0 saturated carbocycles. The predicted octanol–water partition coefficient (Wildman–Crippen LogP) is 4.55. The number of benzene rings is 3. The Morgan fingerprint density at radius 3 is 2.23 bits per heavy atom. The second-order valence-electron chi connectivity index (χ2n) is 6.46. The summed E-state index contributed by atoms with van der Waals surface area (Å²) in [5, 5.41) is 5.58. The summed E-state index contributed by atoms with van der Waals surface area (Å²) in [6, 6.07) is 23.7. The molecule has 0 heterocycles. The first kappa shape index (κ1) is 21.3. The molecule has 0 radical (unpaired) electrons. The summed E-state index contributed by atoms with van der Waals surface area (Å²) >= 11 is 3.35. The first-order valence-electron chi connectivity index (χ1n) is 9.30. The molecule has 0 aliphatic heterocycles. The Bertz CT molecular complexity index is 1030. The van der Waals surface area contributed by atoms with Gasteiger partial charge in [-0.05, 0) is 53.6 Å². The van der Waals surface area contributed by atoms with E-state index in [1.165, 1.54) is 0 Å². The summed E-state index contributed by atoms with van der Waals surface area (Å²) in [7, 11) is 1.59. The molecule has 3 aromatic carbocycles. The van der Waals surface area contributed by atoms with Gasteiger partial charge in [-0.3, -0.25) is 9.59 Å². The van der Waals surface area contributed by atoms with Crippen molar-refractivity contribution < 1.29 is 14.3 Å². The van der Waals surface area contributed by atoms with Crippen molar-refractivity contribution in [3.8, 4) is 5.75 Å². The molecule has 152 valence electrons. The van der Waals surface area contributed by atoms with Gasteiger partial charge in [0, 0.05) is 16.6 Å². The van der Waals surface area contributed by atoms with E-state index < -0.39 is 0 Å². The summed E-state index contributed by atoms with van der Waals surface area (Å²) in [5.74, 6) is -0.0293. The highest BCUT2D eigenvalue weighted by Gasteiger charge is 2.14. The van der Waals surface area contributed by atoms with Crippen LogP contribution < -0.4 is 15.4 Å². The molecule has 0 fully saturated rings. The summed E-state index contributed by atoms with van der Waals surface area (Å²) in [6.07, 6.45) is 1.64. The number of carbonyl (C=O) groups excluding carboxylic acids is 2. The Kier molecular flexibility index (Phi) is 7.40. The second kappa shape index (κ2) is 10.4. The smallest absolute Gasteiger partial charge is 0.268 e. The molecule has 0 atom stereocenters. The molecule has 0 aliphatic rings. The zero-order chi connectivity index (χ0) is 21.3. The van der Waals surface area contributed by atoms with Gasteiger partial charge in [-0.1, -0.05) is 58.4 Å². The van der Waals surface area contributed by atoms with Crippen LogP contribution >= 0.6 is 15.9 Å². The summed E-state index contributed by atoms with van der Waals surface area (Å²) < 4.78 is 6.04. The standard InChI is InChI=1S/C24H21BrN2O3/c1-30-21-13-7-17(8-14-21)15-22(24(29)26-16-18-5-3-2-4-6-18)27-23(28)19-9-11-20(25)12-10-19/h2-15H,16H2,1H3,(H,26,29)(H,27,28)/b22-15-. The SMILES string of the molecule is COc1ccc(/C=C(\NC(=O)c2ccc(Br)cc2)C(=O)NCc2ccccc2)cc1. The second-order valence-corrected chi connectivity index (χ2v) is 7.38. The van der Waals surface area contributed by atoms with Crippen LogP contribution in [0.25, 0.3) is 6.08 Å². The number of amides is 2. The van der Waals surface area contributed by atoms with Crippen LogP contribution in [0.1, 0.15) is 21.5 Å². The van der Waals surface area contributed by atoms with Gasteiger partial charge in [0.2, 0.25) is 0 Å². The Morgan fingerprint density at radius 1 is 0.933 bits per heavy atom. The number of hydrogen-bond donors (Lipinski definition) is 2. The fourth-order valence-corrected chi connectivity index (χ4v) is 2.96. The molecular weight excluding hydrogens is 444 g/mol. The largest absolute Gasteiger partial charge is 0.497 e. The summed E-state index contributed by atoms with van der Waals surface area (Å²) in [4.78, 5) is 25.5. The van der Waals surface area contributed by atoms with Crippen LogP contribution in [0.2, 0.25) is 0 Å². The maximum atomic E-state index is 12.8. The Balaban J connectivity index is 1.81. The van der Waals surface area contributed by atoms with Crippen LogP contribution in [-0.4, -0.2) is 18.9 Å². The van der Waals surface area contributed by atoms with Crippen molar-refractivity contribution in [2.45, 2.75) is 6.54 Å². The third-order valence-electron chi connectivity index (χ3n) is 4.32. The van der Waals surface area contributed by atoms with E-state index in [1.54, 1.807) is 49.6 Å². The zero-order valence-corrected chi connectivity index (χ0v) is 18.0. The number of methoxy groups -OCH3 is 1. The van der Waals surface area contributed by atoms with Crippen LogP contribution in [0.15, 0.2) is 89.0 Å². The third-order valence-corrected chi connectivity index (χ3v) is 4.85. The molecule has 5 nitrogen and oxygen atoms in total. The highest BCUT2D eigenvalue weighted by molar-refractivity contribution is 9.10. The maximum absolute atomic E-state index is 12.8. The quantitative estimate of drug-likeness (QED) is 0.504. The number of rotatable bonds is 7. The van der Waals surface area contributed by atoms with Gasteiger partial charge in [-0.2, -0.15) is 0 Å². The zero-order valence-electron chi connectivity index (χ0n) is 16.4. The molecule has 30 heavy (non-hydrogen) atoms. The fraction of sp³-hybridized carbons (Fsp3) is 0.0833. The lowest BCUT2D eigenvalue weighted by molar-refractivity contribution is -0.117. The van der Waals surface area contributed by atoms with E-state index in [-0.39, 0.29) is 17.5 Å². The van der Waals surface area contributed by atoms with E-state index in [9.17, 15) is 9.59 Å². The molecule has 0 spiro atoms. The molecule has 2 N–H and O–H groups in total. The average Bonchev–Trinajstić information content (AvgIpc) is 2.78. The van der Waals surface area contributed by atoms with E-state index in [4.69, 9.17) is 4.74 Å². The van der Waals surface area contributed by atoms with Gasteiger partial charge < -0.3 is 15.4 Å². The van der Waals surface area contributed by atoms with Crippen molar-refractivity contribution in [3.63, 3.8) is 0 Å². The fourth-order valence-electron chi connectivity index (χ4n) is 2.69. The first-order chi connectivity index (χ1) is 14.5. The molecule has 0 aliphatic carbocycles. The topological polar surface area (TPSA) is 67.4 Å². The highest BCUT2D eigenvalue weighted by atomic mass is 79.9. The molecular formula is C24H21BrN2O3. The molecule has 0 saturated heterocycles. The third kappa shape index (κ3) is 6.06. The molecule has 0 aromatic heterocycles. The van der Waals surface area contributed by atoms with Crippen molar-refractivity contribution in [1.29, 1.82) is 0 Å².